The van der Waals surface area contributed by atoms with Crippen molar-refractivity contribution in [2.24, 2.45) is 0 Å². The van der Waals surface area contributed by atoms with Crippen LogP contribution in [0.3, 0.4) is 0 Å². The average Bonchev–Trinajstić information content (AvgIpc) is 2.62. The van der Waals surface area contributed by atoms with Crippen LogP contribution in [0.4, 0.5) is 5.82 Å². The number of benzene rings is 1. The molecule has 1 aliphatic heterocycles. The molecule has 1 atom stereocenters. The number of hydrogen-bond donors (Lipinski definition) is 1. The van der Waals surface area contributed by atoms with Crippen LogP contribution in [0, 0.1) is 0 Å². The summed E-state index contributed by atoms with van der Waals surface area (Å²) in [6.45, 7) is 4.89. The fourth-order valence-electron chi connectivity index (χ4n) is 3.12. The van der Waals surface area contributed by atoms with Crippen LogP contribution in [0.15, 0.2) is 42.5 Å². The molecule has 2 heterocycles. The first-order valence-corrected chi connectivity index (χ1v) is 7.81. The van der Waals surface area contributed by atoms with Gasteiger partial charge in [0.05, 0.1) is 19.8 Å². The Balaban J connectivity index is 2.05. The topological polar surface area (TPSA) is 46.6 Å². The third kappa shape index (κ3) is 2.97. The zero-order valence-corrected chi connectivity index (χ0v) is 13.9. The highest BCUT2D eigenvalue weighted by atomic mass is 16.5. The highest BCUT2D eigenvalue weighted by molar-refractivity contribution is 5.52. The van der Waals surface area contributed by atoms with Crippen molar-refractivity contribution < 1.29 is 9.47 Å². The molecule has 1 saturated heterocycles. The summed E-state index contributed by atoms with van der Waals surface area (Å²) in [4.78, 5) is 6.96. The number of anilines is 1. The molecular weight excluding hydrogens is 290 g/mol. The Labute approximate surface area is 137 Å². The number of ether oxygens (including phenoxy) is 2. The molecule has 3 rings (SSSR count). The van der Waals surface area contributed by atoms with E-state index >= 15 is 0 Å². The van der Waals surface area contributed by atoms with E-state index in [-0.39, 0.29) is 5.54 Å². The van der Waals surface area contributed by atoms with Crippen molar-refractivity contribution >= 4 is 5.82 Å². The molecule has 0 amide bonds. The molecule has 1 aromatic heterocycles. The SMILES string of the molecule is COc1cc(OC)nc(N2CCNCC2(C)c2ccccc2)c1. The van der Waals surface area contributed by atoms with Gasteiger partial charge in [-0.1, -0.05) is 30.3 Å². The van der Waals surface area contributed by atoms with Crippen LogP contribution >= 0.6 is 0 Å². The van der Waals surface area contributed by atoms with Crippen molar-refractivity contribution in [2.75, 3.05) is 38.8 Å². The summed E-state index contributed by atoms with van der Waals surface area (Å²) in [5.41, 5.74) is 1.08. The number of rotatable bonds is 4. The van der Waals surface area contributed by atoms with E-state index in [0.717, 1.165) is 31.2 Å². The predicted octanol–water partition coefficient (Wildman–Crippen LogP) is 2.42. The first-order chi connectivity index (χ1) is 11.2. The summed E-state index contributed by atoms with van der Waals surface area (Å²) in [5, 5.41) is 3.50. The van der Waals surface area contributed by atoms with Crippen molar-refractivity contribution in [1.82, 2.24) is 10.3 Å². The van der Waals surface area contributed by atoms with E-state index in [4.69, 9.17) is 9.47 Å². The van der Waals surface area contributed by atoms with E-state index in [1.165, 1.54) is 5.56 Å². The minimum absolute atomic E-state index is 0.177. The van der Waals surface area contributed by atoms with E-state index in [1.54, 1.807) is 20.3 Å². The van der Waals surface area contributed by atoms with Gasteiger partial charge in [-0.05, 0) is 12.5 Å². The van der Waals surface area contributed by atoms with Crippen molar-refractivity contribution in [3.63, 3.8) is 0 Å². The van der Waals surface area contributed by atoms with Gasteiger partial charge in [-0.25, -0.2) is 0 Å². The Morgan fingerprint density at radius 1 is 1.13 bits per heavy atom. The molecule has 0 radical (unpaired) electrons. The van der Waals surface area contributed by atoms with Gasteiger partial charge >= 0.3 is 0 Å². The normalized spacial score (nSPS) is 21.1. The number of aromatic nitrogens is 1. The highest BCUT2D eigenvalue weighted by Gasteiger charge is 2.37. The molecule has 1 fully saturated rings. The van der Waals surface area contributed by atoms with Crippen LogP contribution in [0.2, 0.25) is 0 Å². The Bertz CT molecular complexity index is 640. The lowest BCUT2D eigenvalue weighted by Crippen LogP contribution is -2.58. The number of methoxy groups -OCH3 is 2. The Morgan fingerprint density at radius 3 is 2.61 bits per heavy atom. The fraction of sp³-hybridized carbons (Fsp3) is 0.389. The maximum absolute atomic E-state index is 5.40. The average molecular weight is 313 g/mol. The molecule has 1 aliphatic rings. The molecule has 1 aromatic carbocycles. The number of nitrogens with one attached hydrogen (secondary N) is 1. The van der Waals surface area contributed by atoms with Gasteiger partial charge in [-0.3, -0.25) is 0 Å². The third-order valence-corrected chi connectivity index (χ3v) is 4.46. The van der Waals surface area contributed by atoms with E-state index in [0.29, 0.717) is 5.88 Å². The lowest BCUT2D eigenvalue weighted by molar-refractivity contribution is 0.351. The zero-order valence-electron chi connectivity index (χ0n) is 13.9. The smallest absolute Gasteiger partial charge is 0.218 e. The molecule has 2 aromatic rings. The largest absolute Gasteiger partial charge is 0.496 e. The predicted molar refractivity (Wildman–Crippen MR) is 91.4 cm³/mol. The lowest BCUT2D eigenvalue weighted by Gasteiger charge is -2.46. The Morgan fingerprint density at radius 2 is 1.91 bits per heavy atom. The van der Waals surface area contributed by atoms with Crippen molar-refractivity contribution in [1.29, 1.82) is 0 Å². The van der Waals surface area contributed by atoms with Crippen molar-refractivity contribution in [3.8, 4) is 11.6 Å². The van der Waals surface area contributed by atoms with Crippen molar-refractivity contribution in [2.45, 2.75) is 12.5 Å². The number of nitrogens with zero attached hydrogens (tertiary/aromatic N) is 2. The second-order valence-electron chi connectivity index (χ2n) is 5.88. The van der Waals surface area contributed by atoms with Gasteiger partial charge < -0.3 is 19.7 Å². The van der Waals surface area contributed by atoms with Crippen molar-refractivity contribution in [3.05, 3.63) is 48.0 Å². The first kappa shape index (κ1) is 15.6. The van der Waals surface area contributed by atoms with Gasteiger partial charge in [-0.15, -0.1) is 0 Å². The molecule has 1 unspecified atom stereocenters. The lowest BCUT2D eigenvalue weighted by atomic mass is 9.88. The third-order valence-electron chi connectivity index (χ3n) is 4.46. The maximum Gasteiger partial charge on any atom is 0.218 e. The van der Waals surface area contributed by atoms with E-state index in [9.17, 15) is 0 Å². The Hall–Kier alpha value is -2.27. The van der Waals surface area contributed by atoms with Crippen LogP contribution in [-0.4, -0.2) is 38.8 Å². The maximum atomic E-state index is 5.40. The zero-order chi connectivity index (χ0) is 16.3. The molecule has 0 bridgehead atoms. The molecule has 1 N–H and O–H groups in total. The summed E-state index contributed by atoms with van der Waals surface area (Å²) >= 11 is 0. The van der Waals surface area contributed by atoms with E-state index in [1.807, 2.05) is 12.1 Å². The number of pyridine rings is 1. The van der Waals surface area contributed by atoms with Gasteiger partial charge in [0, 0.05) is 31.8 Å². The Kier molecular flexibility index (Phi) is 4.39. The number of piperazine rings is 1. The quantitative estimate of drug-likeness (QED) is 0.939. The van der Waals surface area contributed by atoms with Crippen LogP contribution in [-0.2, 0) is 5.54 Å². The summed E-state index contributed by atoms with van der Waals surface area (Å²) in [5.74, 6) is 2.18. The highest BCUT2D eigenvalue weighted by Crippen LogP contribution is 2.35. The van der Waals surface area contributed by atoms with Gasteiger partial charge in [0.15, 0.2) is 0 Å². The molecule has 0 saturated carbocycles. The second kappa shape index (κ2) is 6.46. The second-order valence-corrected chi connectivity index (χ2v) is 5.88. The minimum Gasteiger partial charge on any atom is -0.496 e. The van der Waals surface area contributed by atoms with Crippen LogP contribution in [0.25, 0.3) is 0 Å². The van der Waals surface area contributed by atoms with Crippen LogP contribution < -0.4 is 19.7 Å². The summed E-state index contributed by atoms with van der Waals surface area (Å²) in [6, 6.07) is 14.3. The molecule has 0 aliphatic carbocycles. The number of hydrogen-bond acceptors (Lipinski definition) is 5. The van der Waals surface area contributed by atoms with E-state index < -0.39 is 0 Å². The molecule has 5 heteroatoms. The summed E-state index contributed by atoms with van der Waals surface area (Å²) < 4.78 is 10.7. The fourth-order valence-corrected chi connectivity index (χ4v) is 3.12. The van der Waals surface area contributed by atoms with Gasteiger partial charge in [-0.2, -0.15) is 4.98 Å². The van der Waals surface area contributed by atoms with Gasteiger partial charge in [0.2, 0.25) is 5.88 Å². The molecular formula is C18H23N3O2. The van der Waals surface area contributed by atoms with Crippen LogP contribution in [0.1, 0.15) is 12.5 Å². The standard InChI is InChI=1S/C18H23N3O2/c1-18(14-7-5-4-6-8-14)13-19-9-10-21(18)16-11-15(22-2)12-17(20-16)23-3/h4-8,11-12,19H,9-10,13H2,1-3H3. The molecule has 0 spiro atoms. The molecule has 5 nitrogen and oxygen atoms in total. The molecule has 122 valence electrons. The minimum atomic E-state index is -0.177. The molecule has 23 heavy (non-hydrogen) atoms. The van der Waals surface area contributed by atoms with E-state index in [2.05, 4.69) is 46.4 Å². The monoisotopic (exact) mass is 313 g/mol. The summed E-state index contributed by atoms with van der Waals surface area (Å²) in [7, 11) is 3.28. The van der Waals surface area contributed by atoms with Gasteiger partial charge in [0.25, 0.3) is 0 Å². The first-order valence-electron chi connectivity index (χ1n) is 7.81. The summed E-state index contributed by atoms with van der Waals surface area (Å²) in [6.07, 6.45) is 0. The van der Waals surface area contributed by atoms with Gasteiger partial charge in [0.1, 0.15) is 11.6 Å². The van der Waals surface area contributed by atoms with Crippen LogP contribution in [0.5, 0.6) is 11.6 Å².